The van der Waals surface area contributed by atoms with Crippen LogP contribution in [0, 0.1) is 6.92 Å². The maximum Gasteiger partial charge on any atom is 0.253 e. The topological polar surface area (TPSA) is 74.5 Å². The van der Waals surface area contributed by atoms with E-state index in [1.807, 2.05) is 19.1 Å². The molecule has 1 aliphatic heterocycles. The second-order valence-electron chi connectivity index (χ2n) is 7.83. The van der Waals surface area contributed by atoms with E-state index in [0.29, 0.717) is 17.8 Å². The molecule has 0 spiro atoms. The lowest BCUT2D eigenvalue weighted by Gasteiger charge is -2.35. The number of amides is 1. The van der Waals surface area contributed by atoms with Gasteiger partial charge in [0.1, 0.15) is 5.82 Å². The average Bonchev–Trinajstić information content (AvgIpc) is 3.18. The zero-order valence-electron chi connectivity index (χ0n) is 17.8. The molecule has 2 aromatic carbocycles. The van der Waals surface area contributed by atoms with Crippen LogP contribution in [0.1, 0.15) is 28.8 Å². The number of anilines is 2. The molecule has 31 heavy (non-hydrogen) atoms. The molecule has 6 nitrogen and oxygen atoms in total. The van der Waals surface area contributed by atoms with E-state index in [0.717, 1.165) is 56.9 Å². The number of nitrogens with two attached hydrogens (primary N) is 1. The molecular formula is C23H30ClN5OS. The van der Waals surface area contributed by atoms with Crippen LogP contribution in [0.5, 0.6) is 0 Å². The molecule has 0 bridgehead atoms. The van der Waals surface area contributed by atoms with Gasteiger partial charge in [0.2, 0.25) is 0 Å². The number of aromatic nitrogens is 1. The first-order valence-corrected chi connectivity index (χ1v) is 11.4. The van der Waals surface area contributed by atoms with Crippen LogP contribution in [-0.4, -0.2) is 54.4 Å². The summed E-state index contributed by atoms with van der Waals surface area (Å²) in [6, 6.07) is 14.0. The van der Waals surface area contributed by atoms with Crippen molar-refractivity contribution in [3.8, 4) is 0 Å². The Morgan fingerprint density at radius 3 is 2.65 bits per heavy atom. The van der Waals surface area contributed by atoms with E-state index in [-0.39, 0.29) is 18.3 Å². The number of fused-ring (bicyclic) bond motifs is 1. The maximum absolute atomic E-state index is 12.4. The first-order chi connectivity index (χ1) is 14.6. The van der Waals surface area contributed by atoms with Crippen molar-refractivity contribution in [3.05, 3.63) is 53.6 Å². The van der Waals surface area contributed by atoms with Crippen molar-refractivity contribution in [1.82, 2.24) is 14.6 Å². The van der Waals surface area contributed by atoms with E-state index < -0.39 is 0 Å². The summed E-state index contributed by atoms with van der Waals surface area (Å²) >= 11 is 1.58. The first kappa shape index (κ1) is 23.3. The fourth-order valence-electron chi connectivity index (χ4n) is 4.04. The highest BCUT2D eigenvalue weighted by molar-refractivity contribution is 7.13. The van der Waals surface area contributed by atoms with Gasteiger partial charge in [-0.05, 0) is 61.6 Å². The Morgan fingerprint density at radius 1 is 1.10 bits per heavy atom. The molecule has 1 amide bonds. The lowest BCUT2D eigenvalue weighted by Crippen LogP contribution is -2.46. The van der Waals surface area contributed by atoms with Crippen molar-refractivity contribution < 1.29 is 4.79 Å². The van der Waals surface area contributed by atoms with Gasteiger partial charge in [0.25, 0.3) is 5.91 Å². The Balaban J connectivity index is 0.00000272. The summed E-state index contributed by atoms with van der Waals surface area (Å²) in [4.78, 5) is 17.3. The van der Waals surface area contributed by atoms with Crippen molar-refractivity contribution in [2.45, 2.75) is 19.8 Å². The number of carbonyl (C=O) groups excluding carboxylic acids is 1. The van der Waals surface area contributed by atoms with Crippen LogP contribution in [-0.2, 0) is 0 Å². The van der Waals surface area contributed by atoms with Gasteiger partial charge in [-0.3, -0.25) is 9.69 Å². The van der Waals surface area contributed by atoms with Gasteiger partial charge in [0.05, 0.1) is 10.3 Å². The van der Waals surface area contributed by atoms with Gasteiger partial charge in [0.15, 0.2) is 0 Å². The molecule has 2 heterocycles. The second-order valence-corrected chi connectivity index (χ2v) is 8.64. The van der Waals surface area contributed by atoms with Crippen LogP contribution in [0.25, 0.3) is 10.1 Å². The minimum Gasteiger partial charge on any atom is -0.398 e. The van der Waals surface area contributed by atoms with Gasteiger partial charge in [-0.2, -0.15) is 4.37 Å². The van der Waals surface area contributed by atoms with Crippen LogP contribution >= 0.6 is 23.9 Å². The third-order valence-corrected chi connectivity index (χ3v) is 6.57. The predicted octanol–water partition coefficient (Wildman–Crippen LogP) is 3.94. The van der Waals surface area contributed by atoms with Gasteiger partial charge in [-0.15, -0.1) is 12.4 Å². The molecule has 3 N–H and O–H groups in total. The molecule has 8 heteroatoms. The minimum absolute atomic E-state index is 0. The number of carbonyl (C=O) groups is 1. The number of aryl methyl sites for hydroxylation is 1. The van der Waals surface area contributed by atoms with Crippen LogP contribution in [0.3, 0.4) is 0 Å². The molecule has 1 saturated heterocycles. The highest BCUT2D eigenvalue weighted by Gasteiger charge is 2.20. The number of unbranched alkanes of at least 4 members (excludes halogenated alkanes) is 1. The lowest BCUT2D eigenvalue weighted by atomic mass is 10.1. The van der Waals surface area contributed by atoms with Crippen molar-refractivity contribution >= 4 is 51.4 Å². The van der Waals surface area contributed by atoms with Gasteiger partial charge in [0, 0.05) is 43.8 Å². The standard InChI is InChI=1S/C23H29N5OS.ClH/c1-17-7-6-9-19(24)21(17)23(29)25-11-4-5-12-27-13-15-28(16-14-27)22-18-8-2-3-10-20(18)30-26-22;/h2-3,6-10H,4-5,11-16,24H2,1H3,(H,25,29);1H. The second kappa shape index (κ2) is 10.8. The third kappa shape index (κ3) is 5.47. The number of hydrogen-bond acceptors (Lipinski definition) is 6. The Bertz CT molecular complexity index is 996. The van der Waals surface area contributed by atoms with Crippen LogP contribution in [0.15, 0.2) is 42.5 Å². The first-order valence-electron chi connectivity index (χ1n) is 10.6. The molecular weight excluding hydrogens is 430 g/mol. The molecule has 0 aliphatic carbocycles. The number of hydrogen-bond donors (Lipinski definition) is 2. The van der Waals surface area contributed by atoms with E-state index in [1.165, 1.54) is 10.1 Å². The van der Waals surface area contributed by atoms with Crippen molar-refractivity contribution in [2.24, 2.45) is 0 Å². The van der Waals surface area contributed by atoms with E-state index in [1.54, 1.807) is 17.6 Å². The molecule has 0 radical (unpaired) electrons. The van der Waals surface area contributed by atoms with Gasteiger partial charge >= 0.3 is 0 Å². The summed E-state index contributed by atoms with van der Waals surface area (Å²) in [6.07, 6.45) is 2.04. The molecule has 3 aromatic rings. The predicted molar refractivity (Wildman–Crippen MR) is 133 cm³/mol. The zero-order valence-corrected chi connectivity index (χ0v) is 19.5. The SMILES string of the molecule is Cc1cccc(N)c1C(=O)NCCCCN1CCN(c2nsc3ccccc23)CC1.Cl. The number of benzene rings is 2. The Labute approximate surface area is 194 Å². The summed E-state index contributed by atoms with van der Waals surface area (Å²) in [5.74, 6) is 1.06. The third-order valence-electron chi connectivity index (χ3n) is 5.75. The zero-order chi connectivity index (χ0) is 20.9. The Kier molecular flexibility index (Phi) is 8.12. The fraction of sp³-hybridized carbons (Fsp3) is 0.391. The summed E-state index contributed by atoms with van der Waals surface area (Å²) < 4.78 is 5.94. The summed E-state index contributed by atoms with van der Waals surface area (Å²) in [5.41, 5.74) is 8.01. The number of nitrogen functional groups attached to an aromatic ring is 1. The summed E-state index contributed by atoms with van der Waals surface area (Å²) in [6.45, 7) is 7.79. The molecule has 166 valence electrons. The van der Waals surface area contributed by atoms with E-state index in [9.17, 15) is 4.79 Å². The number of halogens is 1. The molecule has 1 aliphatic rings. The van der Waals surface area contributed by atoms with Crippen LogP contribution in [0.4, 0.5) is 11.5 Å². The largest absolute Gasteiger partial charge is 0.398 e. The molecule has 0 atom stereocenters. The van der Waals surface area contributed by atoms with Crippen molar-refractivity contribution in [3.63, 3.8) is 0 Å². The van der Waals surface area contributed by atoms with Crippen LogP contribution < -0.4 is 16.0 Å². The summed E-state index contributed by atoms with van der Waals surface area (Å²) in [5, 5.41) is 4.27. The quantitative estimate of drug-likeness (QED) is 0.413. The number of piperazine rings is 1. The molecule has 1 fully saturated rings. The fourth-order valence-corrected chi connectivity index (χ4v) is 4.83. The highest BCUT2D eigenvalue weighted by Crippen LogP contribution is 2.29. The molecule has 0 unspecified atom stereocenters. The van der Waals surface area contributed by atoms with Crippen molar-refractivity contribution in [1.29, 1.82) is 0 Å². The minimum atomic E-state index is -0.0743. The van der Waals surface area contributed by atoms with E-state index in [2.05, 4.69) is 43.8 Å². The monoisotopic (exact) mass is 459 g/mol. The van der Waals surface area contributed by atoms with Gasteiger partial charge in [-0.25, -0.2) is 0 Å². The van der Waals surface area contributed by atoms with Gasteiger partial charge < -0.3 is 16.0 Å². The number of rotatable bonds is 7. The van der Waals surface area contributed by atoms with Crippen LogP contribution in [0.2, 0.25) is 0 Å². The van der Waals surface area contributed by atoms with E-state index >= 15 is 0 Å². The average molecular weight is 460 g/mol. The molecule has 1 aromatic heterocycles. The Hall–Kier alpha value is -2.35. The lowest BCUT2D eigenvalue weighted by molar-refractivity contribution is 0.0953. The summed E-state index contributed by atoms with van der Waals surface area (Å²) in [7, 11) is 0. The Morgan fingerprint density at radius 2 is 1.87 bits per heavy atom. The normalized spacial score (nSPS) is 14.4. The number of nitrogens with zero attached hydrogens (tertiary/aromatic N) is 3. The smallest absolute Gasteiger partial charge is 0.253 e. The van der Waals surface area contributed by atoms with E-state index in [4.69, 9.17) is 5.73 Å². The molecule has 0 saturated carbocycles. The molecule has 4 rings (SSSR count). The highest BCUT2D eigenvalue weighted by atomic mass is 35.5. The number of nitrogens with one attached hydrogen (secondary N) is 1. The maximum atomic E-state index is 12.4. The van der Waals surface area contributed by atoms with Crippen molar-refractivity contribution in [2.75, 3.05) is 49.9 Å². The van der Waals surface area contributed by atoms with Gasteiger partial charge in [-0.1, -0.05) is 24.3 Å².